The summed E-state index contributed by atoms with van der Waals surface area (Å²) in [5.74, 6) is -0.485. The van der Waals surface area contributed by atoms with Crippen molar-refractivity contribution in [1.82, 2.24) is 5.32 Å². The molecule has 9 nitrogen and oxygen atoms in total. The number of allylic oxidation sites excluding steroid dienone is 9. The molecule has 0 aliphatic rings. The van der Waals surface area contributed by atoms with Crippen molar-refractivity contribution < 1.29 is 37.3 Å². The number of nitrogens with zero attached hydrogens (tertiary/aromatic N) is 1. The van der Waals surface area contributed by atoms with E-state index >= 15 is 0 Å². The smallest absolute Gasteiger partial charge is 0.456 e. The van der Waals surface area contributed by atoms with Crippen molar-refractivity contribution in [3.63, 3.8) is 0 Å². The number of carbonyl (C=O) groups excluding carboxylic acids is 2. The number of rotatable bonds is 73. The Morgan fingerprint density at radius 1 is 0.385 bits per heavy atom. The van der Waals surface area contributed by atoms with Crippen molar-refractivity contribution in [2.45, 2.75) is 405 Å². The van der Waals surface area contributed by atoms with Gasteiger partial charge in [0.05, 0.1) is 33.8 Å². The molecule has 0 saturated carbocycles. The quantitative estimate of drug-likeness (QED) is 0.0205. The molecule has 0 fully saturated rings. The lowest BCUT2D eigenvalue weighted by Crippen LogP contribution is -2.47. The van der Waals surface area contributed by atoms with E-state index in [1.807, 2.05) is 27.2 Å². The minimum absolute atomic E-state index is 0.0418. The number of phosphoric ester groups is 1. The van der Waals surface area contributed by atoms with Gasteiger partial charge in [-0.2, -0.15) is 0 Å². The van der Waals surface area contributed by atoms with Gasteiger partial charge in [-0.1, -0.05) is 345 Å². The molecule has 1 amide bonds. The van der Waals surface area contributed by atoms with Crippen molar-refractivity contribution >= 4 is 19.7 Å². The molecule has 0 bridgehead atoms. The summed E-state index contributed by atoms with van der Waals surface area (Å²) in [7, 11) is 1.51. The second-order valence-electron chi connectivity index (χ2n) is 28.2. The number of phosphoric acid groups is 1. The Labute approximate surface area is 566 Å². The van der Waals surface area contributed by atoms with Crippen molar-refractivity contribution in [1.29, 1.82) is 0 Å². The fourth-order valence-corrected chi connectivity index (χ4v) is 12.6. The summed E-state index contributed by atoms with van der Waals surface area (Å²) in [6.45, 7) is 7.03. The highest BCUT2D eigenvalue weighted by Gasteiger charge is 2.30. The molecular formula is C81H154N2O7P+. The number of nitrogens with one attached hydrogen (secondary N) is 1. The highest BCUT2D eigenvalue weighted by molar-refractivity contribution is 7.47. The van der Waals surface area contributed by atoms with Gasteiger partial charge in [-0.15, -0.1) is 0 Å². The first-order valence-corrected chi connectivity index (χ1v) is 41.1. The Kier molecular flexibility index (Phi) is 68.7. The predicted octanol–water partition coefficient (Wildman–Crippen LogP) is 25.7. The van der Waals surface area contributed by atoms with Gasteiger partial charge in [-0.25, -0.2) is 4.57 Å². The average molecular weight is 1300 g/mol. The molecule has 0 heterocycles. The Bertz CT molecular complexity index is 1740. The van der Waals surface area contributed by atoms with E-state index in [0.717, 1.165) is 70.6 Å². The number of hydrogen-bond donors (Lipinski definition) is 2. The van der Waals surface area contributed by atoms with Gasteiger partial charge in [0, 0.05) is 12.8 Å². The summed E-state index contributed by atoms with van der Waals surface area (Å²) in [5.41, 5.74) is 0. The van der Waals surface area contributed by atoms with Gasteiger partial charge in [0.2, 0.25) is 5.91 Å². The summed E-state index contributed by atoms with van der Waals surface area (Å²) < 4.78 is 31.0. The van der Waals surface area contributed by atoms with Crippen LogP contribution in [0.2, 0.25) is 0 Å². The molecule has 10 heteroatoms. The Morgan fingerprint density at radius 3 is 1.01 bits per heavy atom. The number of quaternary nitrogens is 1. The molecule has 2 N–H and O–H groups in total. The van der Waals surface area contributed by atoms with Crippen LogP contribution in [0, 0.1) is 0 Å². The second kappa shape index (κ2) is 70.5. The van der Waals surface area contributed by atoms with E-state index in [2.05, 4.69) is 80.8 Å². The first-order chi connectivity index (χ1) is 44.4. The zero-order valence-electron chi connectivity index (χ0n) is 61.4. The maximum absolute atomic E-state index is 13.7. The highest BCUT2D eigenvalue weighted by Crippen LogP contribution is 2.43. The third-order valence-electron chi connectivity index (χ3n) is 17.9. The van der Waals surface area contributed by atoms with Gasteiger partial charge in [0.15, 0.2) is 0 Å². The van der Waals surface area contributed by atoms with Crippen LogP contribution >= 0.6 is 7.82 Å². The van der Waals surface area contributed by atoms with Gasteiger partial charge in [0.1, 0.15) is 19.3 Å². The van der Waals surface area contributed by atoms with Gasteiger partial charge in [-0.3, -0.25) is 18.6 Å². The molecule has 3 atom stereocenters. The Balaban J connectivity index is 4.94. The SMILES string of the molecule is CCCCC/C=C\C/C=C\CCCCCCCCCCCCCCCCCCCC(=O)OC(/C=C/CCCCCCCCCCCCC)C(COP(=O)(O)OCC[N+](C)(C)C)NC(=O)CCCCCCCCCCCCCCCCC/C=C\C/C=C\CCCCC. The van der Waals surface area contributed by atoms with Crippen LogP contribution in [0.1, 0.15) is 393 Å². The van der Waals surface area contributed by atoms with E-state index < -0.39 is 20.0 Å². The molecule has 0 aliphatic heterocycles. The van der Waals surface area contributed by atoms with E-state index in [9.17, 15) is 19.0 Å². The number of carbonyl (C=O) groups is 2. The molecule has 0 aliphatic carbocycles. The fourth-order valence-electron chi connectivity index (χ4n) is 11.8. The summed E-state index contributed by atoms with van der Waals surface area (Å²) in [5, 5.41) is 3.09. The van der Waals surface area contributed by atoms with Gasteiger partial charge >= 0.3 is 13.8 Å². The summed E-state index contributed by atoms with van der Waals surface area (Å²) in [6.07, 6.45) is 92.5. The van der Waals surface area contributed by atoms with Crippen LogP contribution in [0.5, 0.6) is 0 Å². The monoisotopic (exact) mass is 1300 g/mol. The largest absolute Gasteiger partial charge is 0.472 e. The summed E-state index contributed by atoms with van der Waals surface area (Å²) >= 11 is 0. The minimum atomic E-state index is -4.46. The van der Waals surface area contributed by atoms with E-state index in [1.54, 1.807) is 0 Å². The summed E-state index contributed by atoms with van der Waals surface area (Å²) in [6, 6.07) is -0.849. The van der Waals surface area contributed by atoms with E-state index in [-0.39, 0.29) is 25.1 Å². The number of amides is 1. The van der Waals surface area contributed by atoms with Gasteiger partial charge in [0.25, 0.3) is 0 Å². The molecular weight excluding hydrogens is 1140 g/mol. The van der Waals surface area contributed by atoms with Crippen LogP contribution in [0.4, 0.5) is 0 Å². The Morgan fingerprint density at radius 2 is 0.670 bits per heavy atom. The fraction of sp³-hybridized carbons (Fsp3) is 0.852. The van der Waals surface area contributed by atoms with Crippen molar-refractivity contribution in [2.75, 3.05) is 40.9 Å². The number of unbranched alkanes of at least 4 members (excludes halogenated alkanes) is 49. The van der Waals surface area contributed by atoms with E-state index in [1.165, 1.54) is 289 Å². The summed E-state index contributed by atoms with van der Waals surface area (Å²) in [4.78, 5) is 38.1. The van der Waals surface area contributed by atoms with Gasteiger partial charge < -0.3 is 19.4 Å². The van der Waals surface area contributed by atoms with E-state index in [0.29, 0.717) is 23.9 Å². The molecule has 0 aromatic heterocycles. The van der Waals surface area contributed by atoms with Crippen LogP contribution in [0.15, 0.2) is 60.8 Å². The van der Waals surface area contributed by atoms with Crippen LogP contribution in [-0.4, -0.2) is 74.3 Å². The minimum Gasteiger partial charge on any atom is -0.456 e. The maximum atomic E-state index is 13.7. The molecule has 0 saturated heterocycles. The number of hydrogen-bond acceptors (Lipinski definition) is 6. The lowest BCUT2D eigenvalue weighted by Gasteiger charge is -2.27. The third kappa shape index (κ3) is 71.8. The number of esters is 1. The zero-order valence-corrected chi connectivity index (χ0v) is 62.2. The van der Waals surface area contributed by atoms with Crippen molar-refractivity contribution in [3.05, 3.63) is 60.8 Å². The Hall–Kier alpha value is -2.29. The first-order valence-electron chi connectivity index (χ1n) is 39.6. The molecule has 534 valence electrons. The average Bonchev–Trinajstić information content (AvgIpc) is 3.73. The lowest BCUT2D eigenvalue weighted by molar-refractivity contribution is -0.870. The van der Waals surface area contributed by atoms with Crippen molar-refractivity contribution in [2.24, 2.45) is 0 Å². The standard InChI is InChI=1S/C81H153N2O7P/c1-7-10-13-16-19-22-25-28-30-32-34-36-38-40-41-43-45-47-49-51-53-56-59-62-65-68-71-74-81(85)90-79(72-69-66-63-60-57-54-27-24-21-18-15-12-9-3)78(77-89-91(86,87)88-76-75-83(4,5)6)82-80(84)73-70-67-64-61-58-55-52-50-48-46-44-42-39-37-35-33-31-29-26-23-20-17-14-11-8-2/h19-20,22-23,28-31,69,72,78-79H,7-18,21,24-27,32-68,70-71,73-77H2,1-6H3,(H-,82,84,86,87)/p+1/b22-19-,23-20-,30-28-,31-29-,72-69+. The molecule has 3 unspecified atom stereocenters. The lowest BCUT2D eigenvalue weighted by atomic mass is 10.0. The molecule has 0 spiro atoms. The van der Waals surface area contributed by atoms with E-state index in [4.69, 9.17) is 13.8 Å². The molecule has 91 heavy (non-hydrogen) atoms. The number of ether oxygens (including phenoxy) is 1. The molecule has 0 aromatic rings. The molecule has 0 aromatic carbocycles. The third-order valence-corrected chi connectivity index (χ3v) is 18.9. The van der Waals surface area contributed by atoms with Crippen LogP contribution in [-0.2, 0) is 27.9 Å². The van der Waals surface area contributed by atoms with Gasteiger partial charge in [-0.05, 0) is 96.0 Å². The zero-order chi connectivity index (χ0) is 66.3. The first kappa shape index (κ1) is 88.7. The van der Waals surface area contributed by atoms with Crippen LogP contribution in [0.25, 0.3) is 0 Å². The normalized spacial score (nSPS) is 13.7. The van der Waals surface area contributed by atoms with Crippen LogP contribution < -0.4 is 5.32 Å². The molecule has 0 radical (unpaired) electrons. The van der Waals surface area contributed by atoms with Crippen molar-refractivity contribution in [3.8, 4) is 0 Å². The molecule has 0 rings (SSSR count). The maximum Gasteiger partial charge on any atom is 0.472 e. The number of likely N-dealkylation sites (N-methyl/N-ethyl adjacent to an activating group) is 1. The highest BCUT2D eigenvalue weighted by atomic mass is 31.2. The topological polar surface area (TPSA) is 111 Å². The second-order valence-corrected chi connectivity index (χ2v) is 29.7. The van der Waals surface area contributed by atoms with Crippen LogP contribution in [0.3, 0.4) is 0 Å². The predicted molar refractivity (Wildman–Crippen MR) is 397 cm³/mol.